The van der Waals surface area contributed by atoms with Gasteiger partial charge in [-0.1, -0.05) is 15.9 Å². The van der Waals surface area contributed by atoms with Crippen molar-refractivity contribution in [1.29, 1.82) is 0 Å². The van der Waals surface area contributed by atoms with Crippen molar-refractivity contribution in [2.75, 3.05) is 0 Å². The predicted octanol–water partition coefficient (Wildman–Crippen LogP) is 3.89. The topological polar surface area (TPSA) is 54.4 Å². The molecule has 0 bridgehead atoms. The highest BCUT2D eigenvalue weighted by molar-refractivity contribution is 9.10. The van der Waals surface area contributed by atoms with Crippen molar-refractivity contribution in [3.8, 4) is 0 Å². The average Bonchev–Trinajstić information content (AvgIpc) is 2.28. The third-order valence-electron chi connectivity index (χ3n) is 2.85. The summed E-state index contributed by atoms with van der Waals surface area (Å²) < 4.78 is 1.00. The van der Waals surface area contributed by atoms with Crippen LogP contribution in [0.1, 0.15) is 47.2 Å². The zero-order valence-electron chi connectivity index (χ0n) is 10.6. The molecular formula is C14H17BrO3. The van der Waals surface area contributed by atoms with E-state index in [4.69, 9.17) is 5.11 Å². The minimum Gasteiger partial charge on any atom is -0.481 e. The van der Waals surface area contributed by atoms with Crippen molar-refractivity contribution in [3.05, 3.63) is 33.3 Å². The Morgan fingerprint density at radius 3 is 2.33 bits per heavy atom. The van der Waals surface area contributed by atoms with Gasteiger partial charge in [0.05, 0.1) is 0 Å². The van der Waals surface area contributed by atoms with Crippen molar-refractivity contribution in [2.24, 2.45) is 0 Å². The molecule has 0 heterocycles. The Bertz CT molecular complexity index is 466. The first-order chi connectivity index (χ1) is 8.41. The Morgan fingerprint density at radius 1 is 1.11 bits per heavy atom. The Hall–Kier alpha value is -1.16. The minimum absolute atomic E-state index is 0.0912. The normalized spacial score (nSPS) is 10.4. The SMILES string of the molecule is Cc1cc(C(=O)CCCCC(=O)O)c(C)cc1Br. The van der Waals surface area contributed by atoms with Gasteiger partial charge in [0.25, 0.3) is 0 Å². The smallest absolute Gasteiger partial charge is 0.303 e. The van der Waals surface area contributed by atoms with Gasteiger partial charge >= 0.3 is 5.97 Å². The zero-order chi connectivity index (χ0) is 13.7. The number of aliphatic carboxylic acids is 1. The van der Waals surface area contributed by atoms with Gasteiger partial charge < -0.3 is 5.11 Å². The number of carbonyl (C=O) groups excluding carboxylic acids is 1. The maximum atomic E-state index is 12.0. The fourth-order valence-electron chi connectivity index (χ4n) is 1.78. The van der Waals surface area contributed by atoms with E-state index in [1.807, 2.05) is 26.0 Å². The van der Waals surface area contributed by atoms with Crippen LogP contribution >= 0.6 is 15.9 Å². The summed E-state index contributed by atoms with van der Waals surface area (Å²) in [5, 5.41) is 8.52. The molecular weight excluding hydrogens is 296 g/mol. The van der Waals surface area contributed by atoms with Crippen LogP contribution in [0.4, 0.5) is 0 Å². The lowest BCUT2D eigenvalue weighted by molar-refractivity contribution is -0.137. The molecule has 4 heteroatoms. The van der Waals surface area contributed by atoms with Crippen LogP contribution in [0.25, 0.3) is 0 Å². The summed E-state index contributed by atoms with van der Waals surface area (Å²) in [5.41, 5.74) is 2.73. The summed E-state index contributed by atoms with van der Waals surface area (Å²) in [6.07, 6.45) is 1.72. The van der Waals surface area contributed by atoms with E-state index in [0.29, 0.717) is 19.3 Å². The summed E-state index contributed by atoms with van der Waals surface area (Å²) in [6, 6.07) is 3.83. The number of aryl methyl sites for hydroxylation is 2. The molecule has 0 saturated carbocycles. The number of unbranched alkanes of at least 4 members (excludes halogenated alkanes) is 1. The van der Waals surface area contributed by atoms with E-state index in [9.17, 15) is 9.59 Å². The standard InChI is InChI=1S/C14H17BrO3/c1-9-8-12(15)10(2)7-11(9)13(16)5-3-4-6-14(17)18/h7-8H,3-6H2,1-2H3,(H,17,18). The average molecular weight is 313 g/mol. The van der Waals surface area contributed by atoms with Gasteiger partial charge in [0.2, 0.25) is 0 Å². The van der Waals surface area contributed by atoms with Crippen LogP contribution < -0.4 is 0 Å². The second-order valence-electron chi connectivity index (χ2n) is 4.44. The molecule has 0 fully saturated rings. The van der Waals surface area contributed by atoms with Crippen LogP contribution in [0.3, 0.4) is 0 Å². The second kappa shape index (κ2) is 6.69. The molecule has 18 heavy (non-hydrogen) atoms. The molecule has 3 nitrogen and oxygen atoms in total. The molecule has 1 aromatic rings. The molecule has 98 valence electrons. The molecule has 0 aromatic heterocycles. The van der Waals surface area contributed by atoms with Crippen LogP contribution in [0, 0.1) is 13.8 Å². The zero-order valence-corrected chi connectivity index (χ0v) is 12.2. The van der Waals surface area contributed by atoms with Crippen molar-refractivity contribution < 1.29 is 14.7 Å². The molecule has 0 aliphatic carbocycles. The van der Waals surface area contributed by atoms with E-state index < -0.39 is 5.97 Å². The van der Waals surface area contributed by atoms with Gasteiger partial charge in [0.1, 0.15) is 0 Å². The number of carboxylic acid groups (broad SMARTS) is 1. The Balaban J connectivity index is 2.62. The van der Waals surface area contributed by atoms with E-state index in [2.05, 4.69) is 15.9 Å². The van der Waals surface area contributed by atoms with E-state index in [1.165, 1.54) is 0 Å². The summed E-state index contributed by atoms with van der Waals surface area (Å²) in [7, 11) is 0. The maximum Gasteiger partial charge on any atom is 0.303 e. The molecule has 0 saturated heterocycles. The van der Waals surface area contributed by atoms with E-state index in [0.717, 1.165) is 21.2 Å². The molecule has 0 unspecified atom stereocenters. The van der Waals surface area contributed by atoms with Gasteiger partial charge in [-0.3, -0.25) is 9.59 Å². The summed E-state index contributed by atoms with van der Waals surface area (Å²) in [4.78, 5) is 22.4. The number of hydrogen-bond donors (Lipinski definition) is 1. The van der Waals surface area contributed by atoms with Crippen LogP contribution in [-0.4, -0.2) is 16.9 Å². The lowest BCUT2D eigenvalue weighted by Crippen LogP contribution is -2.03. The number of rotatable bonds is 6. The maximum absolute atomic E-state index is 12.0. The number of ketones is 1. The number of halogens is 1. The molecule has 1 N–H and O–H groups in total. The Kier molecular flexibility index (Phi) is 5.54. The first-order valence-corrected chi connectivity index (χ1v) is 6.73. The first-order valence-electron chi connectivity index (χ1n) is 5.93. The molecule has 0 radical (unpaired) electrons. The van der Waals surface area contributed by atoms with Gasteiger partial charge in [0, 0.05) is 22.9 Å². The Labute approximate surface area is 115 Å². The first kappa shape index (κ1) is 14.9. The number of benzene rings is 1. The molecule has 1 rings (SSSR count). The van der Waals surface area contributed by atoms with E-state index >= 15 is 0 Å². The quantitative estimate of drug-likeness (QED) is 0.640. The third-order valence-corrected chi connectivity index (χ3v) is 3.70. The van der Waals surface area contributed by atoms with Crippen molar-refractivity contribution in [1.82, 2.24) is 0 Å². The third kappa shape index (κ3) is 4.26. The van der Waals surface area contributed by atoms with Gasteiger partial charge in [-0.2, -0.15) is 0 Å². The summed E-state index contributed by atoms with van der Waals surface area (Å²) in [5.74, 6) is -0.716. The number of carbonyl (C=O) groups is 2. The molecule has 1 aromatic carbocycles. The highest BCUT2D eigenvalue weighted by Gasteiger charge is 2.11. The highest BCUT2D eigenvalue weighted by atomic mass is 79.9. The summed E-state index contributed by atoms with van der Waals surface area (Å²) >= 11 is 3.43. The van der Waals surface area contributed by atoms with Crippen LogP contribution in [0.5, 0.6) is 0 Å². The fourth-order valence-corrected chi connectivity index (χ4v) is 2.24. The Morgan fingerprint density at radius 2 is 1.72 bits per heavy atom. The number of Topliss-reactive ketones (excluding diaryl/α,β-unsaturated/α-hetero) is 1. The predicted molar refractivity (Wildman–Crippen MR) is 74.1 cm³/mol. The van der Waals surface area contributed by atoms with Crippen LogP contribution in [0.2, 0.25) is 0 Å². The van der Waals surface area contributed by atoms with Crippen LogP contribution in [0.15, 0.2) is 16.6 Å². The van der Waals surface area contributed by atoms with Crippen molar-refractivity contribution >= 4 is 27.7 Å². The lowest BCUT2D eigenvalue weighted by atomic mass is 9.98. The highest BCUT2D eigenvalue weighted by Crippen LogP contribution is 2.22. The van der Waals surface area contributed by atoms with Gasteiger partial charge in [0.15, 0.2) is 5.78 Å². The second-order valence-corrected chi connectivity index (χ2v) is 5.29. The van der Waals surface area contributed by atoms with Gasteiger partial charge in [-0.15, -0.1) is 0 Å². The number of carboxylic acids is 1. The molecule has 0 aliphatic rings. The molecule has 0 spiro atoms. The van der Waals surface area contributed by atoms with Gasteiger partial charge in [-0.25, -0.2) is 0 Å². The largest absolute Gasteiger partial charge is 0.481 e. The van der Waals surface area contributed by atoms with E-state index in [-0.39, 0.29) is 12.2 Å². The fraction of sp³-hybridized carbons (Fsp3) is 0.429. The summed E-state index contributed by atoms with van der Waals surface area (Å²) in [6.45, 7) is 3.86. The molecule has 0 atom stereocenters. The monoisotopic (exact) mass is 312 g/mol. The minimum atomic E-state index is -0.807. The lowest BCUT2D eigenvalue weighted by Gasteiger charge is -2.08. The number of hydrogen-bond acceptors (Lipinski definition) is 2. The molecule has 0 amide bonds. The van der Waals surface area contributed by atoms with Crippen LogP contribution in [-0.2, 0) is 4.79 Å². The van der Waals surface area contributed by atoms with Crippen molar-refractivity contribution in [3.63, 3.8) is 0 Å². The molecule has 0 aliphatic heterocycles. The van der Waals surface area contributed by atoms with E-state index in [1.54, 1.807) is 0 Å². The van der Waals surface area contributed by atoms with Crippen molar-refractivity contribution in [2.45, 2.75) is 39.5 Å². The van der Waals surface area contributed by atoms with Gasteiger partial charge in [-0.05, 0) is 49.9 Å².